The topological polar surface area (TPSA) is 67.4 Å². The van der Waals surface area contributed by atoms with Crippen LogP contribution in [0.1, 0.15) is 15.9 Å². The minimum atomic E-state index is -0.900. The van der Waals surface area contributed by atoms with E-state index in [1.165, 1.54) is 18.2 Å². The zero-order valence-electron chi connectivity index (χ0n) is 15.7. The molecule has 10 heteroatoms. The highest BCUT2D eigenvalue weighted by Gasteiger charge is 2.20. The third kappa shape index (κ3) is 5.49. The van der Waals surface area contributed by atoms with E-state index in [1.807, 2.05) is 5.32 Å². The van der Waals surface area contributed by atoms with Crippen LogP contribution in [0.15, 0.2) is 53.0 Å². The summed E-state index contributed by atoms with van der Waals surface area (Å²) in [6.45, 7) is 1.67. The van der Waals surface area contributed by atoms with Crippen molar-refractivity contribution in [1.82, 2.24) is 5.32 Å². The Morgan fingerprint density at radius 3 is 2.39 bits per heavy atom. The Labute approximate surface area is 200 Å². The van der Waals surface area contributed by atoms with Crippen molar-refractivity contribution in [2.45, 2.75) is 6.92 Å². The fraction of sp³-hybridized carbons (Fsp3) is 0.0476. The molecule has 0 radical (unpaired) electrons. The molecule has 31 heavy (non-hydrogen) atoms. The zero-order chi connectivity index (χ0) is 22.7. The highest BCUT2D eigenvalue weighted by molar-refractivity contribution is 9.10. The average Bonchev–Trinajstić information content (AvgIpc) is 2.71. The van der Waals surface area contributed by atoms with Gasteiger partial charge < -0.3 is 10.1 Å². The molecule has 160 valence electrons. The van der Waals surface area contributed by atoms with Gasteiger partial charge in [0, 0.05) is 5.02 Å². The number of hydrogen-bond donors (Lipinski definition) is 2. The van der Waals surface area contributed by atoms with E-state index in [0.717, 1.165) is 6.07 Å². The second kappa shape index (κ2) is 9.87. The maximum Gasteiger partial charge on any atom is 0.326 e. The van der Waals surface area contributed by atoms with E-state index >= 15 is 0 Å². The number of urea groups is 1. The van der Waals surface area contributed by atoms with Gasteiger partial charge in [0.25, 0.3) is 5.91 Å². The van der Waals surface area contributed by atoms with Crippen LogP contribution in [0, 0.1) is 12.7 Å². The summed E-state index contributed by atoms with van der Waals surface area (Å²) in [7, 11) is 0. The van der Waals surface area contributed by atoms with Crippen LogP contribution in [-0.2, 0) is 0 Å². The number of rotatable bonds is 4. The molecule has 0 heterocycles. The molecule has 0 fully saturated rings. The minimum absolute atomic E-state index is 0.00948. The molecule has 0 bridgehead atoms. The first kappa shape index (κ1) is 23.3. The molecule has 0 atom stereocenters. The Hall–Kier alpha value is -2.32. The molecule has 0 saturated heterocycles. The summed E-state index contributed by atoms with van der Waals surface area (Å²) >= 11 is 21.9. The average molecular weight is 547 g/mol. The number of ether oxygens (including phenoxy) is 1. The van der Waals surface area contributed by atoms with Crippen molar-refractivity contribution in [2.75, 3.05) is 5.32 Å². The third-order valence-corrected chi connectivity index (χ3v) is 5.77. The standard InChI is InChI=1S/C21H13BrCl3FN2O3/c1-10-8-16(31-15-7-6-11(23)9-13(15)22)17(24)18(25)19(10)27-21(30)28-20(29)12-4-2-3-5-14(12)26/h2-9H,1H3,(H2,27,28,29,30). The van der Waals surface area contributed by atoms with E-state index in [1.54, 1.807) is 31.2 Å². The summed E-state index contributed by atoms with van der Waals surface area (Å²) in [5.74, 6) is -0.945. The normalized spacial score (nSPS) is 10.5. The van der Waals surface area contributed by atoms with E-state index in [9.17, 15) is 14.0 Å². The van der Waals surface area contributed by atoms with E-state index in [2.05, 4.69) is 21.2 Å². The van der Waals surface area contributed by atoms with Gasteiger partial charge in [-0.05, 0) is 64.8 Å². The van der Waals surface area contributed by atoms with Crippen LogP contribution in [0.5, 0.6) is 11.5 Å². The molecule has 5 nitrogen and oxygen atoms in total. The van der Waals surface area contributed by atoms with Crippen molar-refractivity contribution >= 4 is 68.4 Å². The summed E-state index contributed by atoms with van der Waals surface area (Å²) in [4.78, 5) is 24.4. The molecule has 0 saturated carbocycles. The van der Waals surface area contributed by atoms with Gasteiger partial charge in [0.05, 0.1) is 20.7 Å². The van der Waals surface area contributed by atoms with Gasteiger partial charge in [-0.1, -0.05) is 46.9 Å². The molecular formula is C21H13BrCl3FN2O3. The van der Waals surface area contributed by atoms with Crippen molar-refractivity contribution in [2.24, 2.45) is 0 Å². The maximum absolute atomic E-state index is 13.7. The van der Waals surface area contributed by atoms with E-state index in [4.69, 9.17) is 39.5 Å². The van der Waals surface area contributed by atoms with Crippen molar-refractivity contribution in [3.8, 4) is 11.5 Å². The van der Waals surface area contributed by atoms with E-state index < -0.39 is 17.8 Å². The summed E-state index contributed by atoms with van der Waals surface area (Å²) in [6, 6.07) is 10.9. The quantitative estimate of drug-likeness (QED) is 0.354. The molecule has 0 unspecified atom stereocenters. The summed E-state index contributed by atoms with van der Waals surface area (Å²) in [6.07, 6.45) is 0. The van der Waals surface area contributed by atoms with Crippen LogP contribution < -0.4 is 15.4 Å². The molecule has 3 aromatic carbocycles. The predicted octanol–water partition coefficient (Wildman–Crippen LogP) is 7.61. The number of anilines is 1. The number of halogens is 5. The number of benzene rings is 3. The minimum Gasteiger partial charge on any atom is -0.455 e. The number of aryl methyl sites for hydroxylation is 1. The fourth-order valence-electron chi connectivity index (χ4n) is 2.59. The lowest BCUT2D eigenvalue weighted by Crippen LogP contribution is -2.35. The van der Waals surface area contributed by atoms with Gasteiger partial charge in [0.2, 0.25) is 0 Å². The van der Waals surface area contributed by atoms with Gasteiger partial charge in [-0.15, -0.1) is 0 Å². The molecule has 3 amide bonds. The highest BCUT2D eigenvalue weighted by atomic mass is 79.9. The highest BCUT2D eigenvalue weighted by Crippen LogP contribution is 2.43. The Morgan fingerprint density at radius 2 is 1.71 bits per heavy atom. The van der Waals surface area contributed by atoms with E-state index in [-0.39, 0.29) is 27.0 Å². The molecule has 0 aliphatic heterocycles. The number of carbonyl (C=O) groups excluding carboxylic acids is 2. The molecule has 0 aliphatic carbocycles. The molecular weight excluding hydrogens is 534 g/mol. The van der Waals surface area contributed by atoms with Crippen LogP contribution in [-0.4, -0.2) is 11.9 Å². The summed E-state index contributed by atoms with van der Waals surface area (Å²) in [5, 5.41) is 5.08. The van der Waals surface area contributed by atoms with Crippen molar-refractivity contribution < 1.29 is 18.7 Å². The van der Waals surface area contributed by atoms with Crippen LogP contribution in [0.3, 0.4) is 0 Å². The lowest BCUT2D eigenvalue weighted by Gasteiger charge is -2.16. The number of imide groups is 1. The van der Waals surface area contributed by atoms with Gasteiger partial charge >= 0.3 is 6.03 Å². The first-order valence-electron chi connectivity index (χ1n) is 8.65. The van der Waals surface area contributed by atoms with Gasteiger partial charge in [-0.25, -0.2) is 9.18 Å². The Morgan fingerprint density at radius 1 is 1.00 bits per heavy atom. The third-order valence-electron chi connectivity index (χ3n) is 4.07. The number of amides is 3. The van der Waals surface area contributed by atoms with E-state index in [0.29, 0.717) is 20.8 Å². The van der Waals surface area contributed by atoms with Gasteiger partial charge in [0.1, 0.15) is 22.3 Å². The number of hydrogen-bond acceptors (Lipinski definition) is 3. The Balaban J connectivity index is 1.79. The zero-order valence-corrected chi connectivity index (χ0v) is 19.6. The molecule has 0 aliphatic rings. The lowest BCUT2D eigenvalue weighted by molar-refractivity contribution is 0.0963. The van der Waals surface area contributed by atoms with Gasteiger partial charge in [0.15, 0.2) is 0 Å². The molecule has 0 spiro atoms. The molecule has 3 aromatic rings. The van der Waals surface area contributed by atoms with Crippen LogP contribution in [0.25, 0.3) is 0 Å². The van der Waals surface area contributed by atoms with Crippen LogP contribution >= 0.6 is 50.7 Å². The van der Waals surface area contributed by atoms with Crippen LogP contribution in [0.2, 0.25) is 15.1 Å². The first-order valence-corrected chi connectivity index (χ1v) is 10.6. The maximum atomic E-state index is 13.7. The molecule has 3 rings (SSSR count). The van der Waals surface area contributed by atoms with Gasteiger partial charge in [-0.3, -0.25) is 10.1 Å². The van der Waals surface area contributed by atoms with Crippen molar-refractivity contribution in [3.63, 3.8) is 0 Å². The monoisotopic (exact) mass is 544 g/mol. The molecule has 2 N–H and O–H groups in total. The van der Waals surface area contributed by atoms with Crippen molar-refractivity contribution in [3.05, 3.63) is 85.0 Å². The number of nitrogens with one attached hydrogen (secondary N) is 2. The SMILES string of the molecule is Cc1cc(Oc2ccc(Cl)cc2Br)c(Cl)c(Cl)c1NC(=O)NC(=O)c1ccccc1F. The van der Waals surface area contributed by atoms with Crippen LogP contribution in [0.4, 0.5) is 14.9 Å². The smallest absolute Gasteiger partial charge is 0.326 e. The van der Waals surface area contributed by atoms with Crippen molar-refractivity contribution in [1.29, 1.82) is 0 Å². The number of carbonyl (C=O) groups is 2. The molecule has 0 aromatic heterocycles. The fourth-order valence-corrected chi connectivity index (χ4v) is 3.83. The van der Waals surface area contributed by atoms with Gasteiger partial charge in [-0.2, -0.15) is 0 Å². The summed E-state index contributed by atoms with van der Waals surface area (Å²) in [5.41, 5.74) is 0.423. The predicted molar refractivity (Wildman–Crippen MR) is 123 cm³/mol. The largest absolute Gasteiger partial charge is 0.455 e. The Bertz CT molecular complexity index is 1190. The first-order chi connectivity index (χ1) is 14.7. The summed E-state index contributed by atoms with van der Waals surface area (Å²) < 4.78 is 20.1. The Kier molecular flexibility index (Phi) is 7.43. The second-order valence-electron chi connectivity index (χ2n) is 6.26. The second-order valence-corrected chi connectivity index (χ2v) is 8.31. The lowest BCUT2D eigenvalue weighted by atomic mass is 10.2.